The van der Waals surface area contributed by atoms with Crippen LogP contribution in [0.2, 0.25) is 0 Å². The summed E-state index contributed by atoms with van der Waals surface area (Å²) in [6.45, 7) is 0. The van der Waals surface area contributed by atoms with E-state index in [-0.39, 0.29) is 0 Å². The molecule has 1 spiro atoms. The highest BCUT2D eigenvalue weighted by molar-refractivity contribution is 5.34. The summed E-state index contributed by atoms with van der Waals surface area (Å²) >= 11 is 0. The molecular formula is C12H19NO. The SMILES string of the molecule is O=C=NC1CCCCC12CCCCC2. The largest absolute Gasteiger partial charge is 0.235 e. The van der Waals surface area contributed by atoms with Crippen LogP contribution in [0.4, 0.5) is 0 Å². The highest BCUT2D eigenvalue weighted by Crippen LogP contribution is 2.48. The molecule has 0 aromatic carbocycles. The number of rotatable bonds is 1. The molecule has 2 aliphatic carbocycles. The molecule has 1 unspecified atom stereocenters. The van der Waals surface area contributed by atoms with Gasteiger partial charge in [-0.25, -0.2) is 9.79 Å². The van der Waals surface area contributed by atoms with Crippen LogP contribution in [0.25, 0.3) is 0 Å². The van der Waals surface area contributed by atoms with Gasteiger partial charge in [-0.15, -0.1) is 0 Å². The van der Waals surface area contributed by atoms with Gasteiger partial charge in [0.15, 0.2) is 0 Å². The Morgan fingerprint density at radius 1 is 1.00 bits per heavy atom. The normalized spacial score (nSPS) is 31.0. The van der Waals surface area contributed by atoms with E-state index in [1.54, 1.807) is 6.08 Å². The van der Waals surface area contributed by atoms with Gasteiger partial charge in [0.1, 0.15) is 0 Å². The lowest BCUT2D eigenvalue weighted by Crippen LogP contribution is -2.38. The Hall–Kier alpha value is -0.620. The van der Waals surface area contributed by atoms with Gasteiger partial charge >= 0.3 is 0 Å². The second-order valence-electron chi connectivity index (χ2n) is 4.90. The third-order valence-corrected chi connectivity index (χ3v) is 4.17. The molecule has 0 N–H and O–H groups in total. The van der Waals surface area contributed by atoms with Gasteiger partial charge in [-0.2, -0.15) is 0 Å². The molecule has 0 bridgehead atoms. The topological polar surface area (TPSA) is 29.4 Å². The summed E-state index contributed by atoms with van der Waals surface area (Å²) in [5.74, 6) is 0. The second-order valence-corrected chi connectivity index (χ2v) is 4.90. The molecule has 2 saturated carbocycles. The highest BCUT2D eigenvalue weighted by Gasteiger charge is 2.41. The first-order valence-corrected chi connectivity index (χ1v) is 5.94. The van der Waals surface area contributed by atoms with Crippen molar-refractivity contribution in [1.29, 1.82) is 0 Å². The van der Waals surface area contributed by atoms with Crippen molar-refractivity contribution in [3.8, 4) is 0 Å². The van der Waals surface area contributed by atoms with Crippen molar-refractivity contribution in [3.05, 3.63) is 0 Å². The maximum atomic E-state index is 10.4. The molecule has 1 atom stereocenters. The minimum absolute atomic E-state index is 0.300. The van der Waals surface area contributed by atoms with E-state index >= 15 is 0 Å². The van der Waals surface area contributed by atoms with Gasteiger partial charge in [-0.05, 0) is 31.1 Å². The Kier molecular flexibility index (Phi) is 3.02. The first-order chi connectivity index (χ1) is 6.87. The minimum Gasteiger partial charge on any atom is -0.211 e. The number of hydrogen-bond acceptors (Lipinski definition) is 2. The monoisotopic (exact) mass is 193 g/mol. The molecule has 0 aromatic rings. The smallest absolute Gasteiger partial charge is 0.211 e. The Balaban J connectivity index is 2.14. The molecule has 2 nitrogen and oxygen atoms in total. The minimum atomic E-state index is 0.300. The van der Waals surface area contributed by atoms with Gasteiger partial charge in [-0.1, -0.05) is 32.1 Å². The quantitative estimate of drug-likeness (QED) is 0.464. The van der Waals surface area contributed by atoms with E-state index in [0.29, 0.717) is 11.5 Å². The van der Waals surface area contributed by atoms with Crippen molar-refractivity contribution >= 4 is 6.08 Å². The van der Waals surface area contributed by atoms with Crippen LogP contribution in [0.15, 0.2) is 4.99 Å². The van der Waals surface area contributed by atoms with Crippen LogP contribution in [-0.4, -0.2) is 12.1 Å². The van der Waals surface area contributed by atoms with E-state index in [0.717, 1.165) is 6.42 Å². The number of hydrogen-bond donors (Lipinski definition) is 0. The van der Waals surface area contributed by atoms with Gasteiger partial charge < -0.3 is 0 Å². The van der Waals surface area contributed by atoms with Crippen LogP contribution in [0.3, 0.4) is 0 Å². The Morgan fingerprint density at radius 2 is 1.64 bits per heavy atom. The zero-order chi connectivity index (χ0) is 9.86. The van der Waals surface area contributed by atoms with E-state index in [2.05, 4.69) is 4.99 Å². The van der Waals surface area contributed by atoms with Crippen molar-refractivity contribution in [2.24, 2.45) is 10.4 Å². The molecular weight excluding hydrogens is 174 g/mol. The van der Waals surface area contributed by atoms with Crippen LogP contribution < -0.4 is 0 Å². The number of carbonyl (C=O) groups excluding carboxylic acids is 1. The summed E-state index contributed by atoms with van der Waals surface area (Å²) in [6, 6.07) is 0.300. The lowest BCUT2D eigenvalue weighted by Gasteiger charge is -2.44. The van der Waals surface area contributed by atoms with Crippen molar-refractivity contribution < 1.29 is 4.79 Å². The first-order valence-electron chi connectivity index (χ1n) is 5.94. The molecule has 2 aliphatic rings. The van der Waals surface area contributed by atoms with E-state index in [9.17, 15) is 4.79 Å². The van der Waals surface area contributed by atoms with Crippen LogP contribution >= 0.6 is 0 Å². The van der Waals surface area contributed by atoms with E-state index in [1.165, 1.54) is 51.4 Å². The molecule has 0 aromatic heterocycles. The van der Waals surface area contributed by atoms with Crippen molar-refractivity contribution in [3.63, 3.8) is 0 Å². The summed E-state index contributed by atoms with van der Waals surface area (Å²) in [6.07, 6.45) is 13.4. The average molecular weight is 193 g/mol. The first kappa shape index (κ1) is 9.92. The Labute approximate surface area is 85.8 Å². The molecule has 0 saturated heterocycles. The van der Waals surface area contributed by atoms with Crippen molar-refractivity contribution in [2.45, 2.75) is 63.8 Å². The fourth-order valence-corrected chi connectivity index (χ4v) is 3.39. The number of isocyanates is 1. The average Bonchev–Trinajstić information content (AvgIpc) is 2.23. The third-order valence-electron chi connectivity index (χ3n) is 4.17. The zero-order valence-electron chi connectivity index (χ0n) is 8.80. The summed E-state index contributed by atoms with van der Waals surface area (Å²) in [7, 11) is 0. The molecule has 14 heavy (non-hydrogen) atoms. The molecule has 0 radical (unpaired) electrons. The molecule has 2 rings (SSSR count). The van der Waals surface area contributed by atoms with Crippen LogP contribution in [0, 0.1) is 5.41 Å². The van der Waals surface area contributed by atoms with Crippen molar-refractivity contribution in [1.82, 2.24) is 0 Å². The third kappa shape index (κ3) is 1.76. The molecule has 0 aliphatic heterocycles. The van der Waals surface area contributed by atoms with Gasteiger partial charge in [0.25, 0.3) is 0 Å². The van der Waals surface area contributed by atoms with Gasteiger partial charge in [0.2, 0.25) is 6.08 Å². The van der Waals surface area contributed by atoms with Gasteiger partial charge in [0.05, 0.1) is 6.04 Å². The standard InChI is InChI=1S/C12H19NO/c14-10-13-11-6-2-5-9-12(11)7-3-1-4-8-12/h11H,1-9H2. The fourth-order valence-electron chi connectivity index (χ4n) is 3.39. The summed E-state index contributed by atoms with van der Waals surface area (Å²) in [4.78, 5) is 14.5. The maximum Gasteiger partial charge on any atom is 0.235 e. The van der Waals surface area contributed by atoms with E-state index in [1.807, 2.05) is 0 Å². The molecule has 2 fully saturated rings. The number of nitrogens with zero attached hydrogens (tertiary/aromatic N) is 1. The second kappa shape index (κ2) is 4.27. The molecule has 0 heterocycles. The Morgan fingerprint density at radius 3 is 2.29 bits per heavy atom. The maximum absolute atomic E-state index is 10.4. The zero-order valence-corrected chi connectivity index (χ0v) is 8.80. The van der Waals surface area contributed by atoms with Crippen LogP contribution in [-0.2, 0) is 4.79 Å². The predicted molar refractivity (Wildman–Crippen MR) is 55.9 cm³/mol. The lowest BCUT2D eigenvalue weighted by atomic mass is 9.63. The number of aliphatic imine (C=N–C) groups is 1. The summed E-state index contributed by atoms with van der Waals surface area (Å²) in [5.41, 5.74) is 0.397. The summed E-state index contributed by atoms with van der Waals surface area (Å²) in [5, 5.41) is 0. The molecule has 2 heteroatoms. The van der Waals surface area contributed by atoms with Crippen LogP contribution in [0.1, 0.15) is 57.8 Å². The molecule has 0 amide bonds. The highest BCUT2D eigenvalue weighted by atomic mass is 16.1. The van der Waals surface area contributed by atoms with Crippen LogP contribution in [0.5, 0.6) is 0 Å². The fraction of sp³-hybridized carbons (Fsp3) is 0.917. The van der Waals surface area contributed by atoms with E-state index in [4.69, 9.17) is 0 Å². The van der Waals surface area contributed by atoms with E-state index < -0.39 is 0 Å². The van der Waals surface area contributed by atoms with Crippen molar-refractivity contribution in [2.75, 3.05) is 0 Å². The molecule has 78 valence electrons. The summed E-state index contributed by atoms with van der Waals surface area (Å²) < 4.78 is 0. The Bertz CT molecular complexity index is 228. The lowest BCUT2D eigenvalue weighted by molar-refractivity contribution is 0.0971. The van der Waals surface area contributed by atoms with Gasteiger partial charge in [0, 0.05) is 0 Å². The van der Waals surface area contributed by atoms with Gasteiger partial charge in [-0.3, -0.25) is 0 Å². The predicted octanol–water partition coefficient (Wildman–Crippen LogP) is 3.22.